The molecular formula is C16H17Cl2N3O2. The standard InChI is InChI=1S/C16H17Cl2N3O2/c1-16(2,3)23-15(22)21(10-11-7-5-4-6-8-11)13-9-12(17)19-14(18)20-13/h4-9H,10H2,1-3H3. The molecule has 1 aromatic carbocycles. The van der Waals surface area contributed by atoms with E-state index in [9.17, 15) is 4.79 Å². The molecule has 1 amide bonds. The maximum absolute atomic E-state index is 12.5. The second kappa shape index (κ2) is 7.15. The Morgan fingerprint density at radius 2 is 1.83 bits per heavy atom. The fraction of sp³-hybridized carbons (Fsp3) is 0.312. The molecule has 5 nitrogen and oxygen atoms in total. The van der Waals surface area contributed by atoms with Gasteiger partial charge in [0.1, 0.15) is 16.6 Å². The lowest BCUT2D eigenvalue weighted by Gasteiger charge is -2.27. The normalized spacial score (nSPS) is 11.2. The zero-order valence-corrected chi connectivity index (χ0v) is 14.6. The van der Waals surface area contributed by atoms with Crippen LogP contribution in [-0.4, -0.2) is 21.7 Å². The number of carbonyl (C=O) groups is 1. The molecule has 1 heterocycles. The minimum absolute atomic E-state index is 0.0332. The second-order valence-corrected chi connectivity index (χ2v) is 6.60. The van der Waals surface area contributed by atoms with Crippen LogP contribution < -0.4 is 4.90 Å². The third-order valence-electron chi connectivity index (χ3n) is 2.73. The van der Waals surface area contributed by atoms with Gasteiger partial charge in [0.25, 0.3) is 0 Å². The lowest BCUT2D eigenvalue weighted by molar-refractivity contribution is 0.0576. The third-order valence-corrected chi connectivity index (χ3v) is 3.09. The van der Waals surface area contributed by atoms with Gasteiger partial charge in [-0.15, -0.1) is 0 Å². The molecule has 0 radical (unpaired) electrons. The summed E-state index contributed by atoms with van der Waals surface area (Å²) < 4.78 is 5.45. The van der Waals surface area contributed by atoms with Crippen LogP contribution in [-0.2, 0) is 11.3 Å². The number of aromatic nitrogens is 2. The number of ether oxygens (including phenoxy) is 1. The highest BCUT2D eigenvalue weighted by Gasteiger charge is 2.25. The smallest absolute Gasteiger partial charge is 0.416 e. The van der Waals surface area contributed by atoms with Crippen LogP contribution in [0.2, 0.25) is 10.4 Å². The number of anilines is 1. The quantitative estimate of drug-likeness (QED) is 0.591. The predicted molar refractivity (Wildman–Crippen MR) is 90.9 cm³/mol. The molecule has 2 aromatic rings. The molecule has 0 fully saturated rings. The number of halogens is 2. The Morgan fingerprint density at radius 3 is 2.39 bits per heavy atom. The van der Waals surface area contributed by atoms with Gasteiger partial charge in [-0.25, -0.2) is 9.78 Å². The van der Waals surface area contributed by atoms with Crippen molar-refractivity contribution in [2.75, 3.05) is 4.90 Å². The molecule has 0 saturated carbocycles. The van der Waals surface area contributed by atoms with Crippen molar-refractivity contribution in [3.63, 3.8) is 0 Å². The summed E-state index contributed by atoms with van der Waals surface area (Å²) in [6.07, 6.45) is -0.535. The number of hydrogen-bond donors (Lipinski definition) is 0. The number of amides is 1. The van der Waals surface area contributed by atoms with Gasteiger partial charge in [-0.3, -0.25) is 4.90 Å². The first-order chi connectivity index (χ1) is 10.7. The summed E-state index contributed by atoms with van der Waals surface area (Å²) >= 11 is 11.8. The molecule has 2 rings (SSSR count). The van der Waals surface area contributed by atoms with E-state index in [1.165, 1.54) is 11.0 Å². The van der Waals surface area contributed by atoms with Crippen LogP contribution in [0.3, 0.4) is 0 Å². The second-order valence-electron chi connectivity index (χ2n) is 5.87. The molecule has 0 bridgehead atoms. The molecule has 0 saturated heterocycles. The molecule has 0 spiro atoms. The minimum Gasteiger partial charge on any atom is -0.443 e. The zero-order chi connectivity index (χ0) is 17.0. The maximum Gasteiger partial charge on any atom is 0.416 e. The summed E-state index contributed by atoms with van der Waals surface area (Å²) in [5, 5.41) is 0.121. The highest BCUT2D eigenvalue weighted by Crippen LogP contribution is 2.23. The molecule has 122 valence electrons. The van der Waals surface area contributed by atoms with E-state index in [0.717, 1.165) is 5.56 Å². The Hall–Kier alpha value is -1.85. The van der Waals surface area contributed by atoms with Gasteiger partial charge in [0.2, 0.25) is 5.28 Å². The number of carbonyl (C=O) groups excluding carboxylic acids is 1. The van der Waals surface area contributed by atoms with Gasteiger partial charge in [-0.05, 0) is 37.9 Å². The monoisotopic (exact) mass is 353 g/mol. The van der Waals surface area contributed by atoms with Gasteiger partial charge in [0, 0.05) is 6.07 Å². The van der Waals surface area contributed by atoms with Crippen molar-refractivity contribution in [3.8, 4) is 0 Å². The molecule has 0 aliphatic heterocycles. The topological polar surface area (TPSA) is 55.3 Å². The summed E-state index contributed by atoms with van der Waals surface area (Å²) in [4.78, 5) is 21.8. The van der Waals surface area contributed by atoms with Crippen LogP contribution in [0, 0.1) is 0 Å². The first kappa shape index (κ1) is 17.5. The Balaban J connectivity index is 2.36. The van der Waals surface area contributed by atoms with Gasteiger partial charge < -0.3 is 4.74 Å². The molecule has 1 aromatic heterocycles. The molecule has 0 atom stereocenters. The van der Waals surface area contributed by atoms with Crippen molar-refractivity contribution in [1.29, 1.82) is 0 Å². The first-order valence-corrected chi connectivity index (χ1v) is 7.75. The van der Waals surface area contributed by atoms with Gasteiger partial charge in [0.05, 0.1) is 6.54 Å². The summed E-state index contributed by atoms with van der Waals surface area (Å²) in [5.41, 5.74) is 0.288. The summed E-state index contributed by atoms with van der Waals surface area (Å²) in [6.45, 7) is 5.67. The predicted octanol–water partition coefficient (Wildman–Crippen LogP) is 4.73. The highest BCUT2D eigenvalue weighted by molar-refractivity contribution is 6.32. The van der Waals surface area contributed by atoms with Crippen LogP contribution in [0.1, 0.15) is 26.3 Å². The van der Waals surface area contributed by atoms with E-state index in [0.29, 0.717) is 0 Å². The average Bonchev–Trinajstić information content (AvgIpc) is 2.42. The molecule has 23 heavy (non-hydrogen) atoms. The molecule has 0 N–H and O–H groups in total. The Labute approximate surface area is 145 Å². The molecule has 7 heteroatoms. The van der Waals surface area contributed by atoms with Gasteiger partial charge in [0.15, 0.2) is 0 Å². The fourth-order valence-electron chi connectivity index (χ4n) is 1.84. The Bertz CT molecular complexity index is 667. The largest absolute Gasteiger partial charge is 0.443 e. The van der Waals surface area contributed by atoms with Crippen molar-refractivity contribution in [1.82, 2.24) is 9.97 Å². The van der Waals surface area contributed by atoms with Crippen LogP contribution in [0.5, 0.6) is 0 Å². The minimum atomic E-state index is -0.632. The van der Waals surface area contributed by atoms with E-state index in [2.05, 4.69) is 9.97 Å². The molecule has 0 aliphatic rings. The number of rotatable bonds is 3. The van der Waals surface area contributed by atoms with Crippen molar-refractivity contribution in [3.05, 3.63) is 52.4 Å². The van der Waals surface area contributed by atoms with E-state index in [4.69, 9.17) is 27.9 Å². The molecular weight excluding hydrogens is 337 g/mol. The van der Waals surface area contributed by atoms with E-state index >= 15 is 0 Å². The molecule has 0 unspecified atom stereocenters. The molecule has 0 aliphatic carbocycles. The summed E-state index contributed by atoms with van der Waals surface area (Å²) in [7, 11) is 0. The van der Waals surface area contributed by atoms with Crippen LogP contribution in [0.25, 0.3) is 0 Å². The van der Waals surface area contributed by atoms with Crippen molar-refractivity contribution >= 4 is 35.1 Å². The van der Waals surface area contributed by atoms with E-state index in [-0.39, 0.29) is 22.8 Å². The Kier molecular flexibility index (Phi) is 5.44. The summed E-state index contributed by atoms with van der Waals surface area (Å²) in [5.74, 6) is 0.285. The number of nitrogens with zero attached hydrogens (tertiary/aromatic N) is 3. The third kappa shape index (κ3) is 5.37. The lowest BCUT2D eigenvalue weighted by Crippen LogP contribution is -2.37. The van der Waals surface area contributed by atoms with Crippen molar-refractivity contribution in [2.24, 2.45) is 0 Å². The van der Waals surface area contributed by atoms with E-state index in [1.807, 2.05) is 30.3 Å². The average molecular weight is 354 g/mol. The van der Waals surface area contributed by atoms with Crippen LogP contribution in [0.4, 0.5) is 10.6 Å². The van der Waals surface area contributed by atoms with Crippen LogP contribution in [0.15, 0.2) is 36.4 Å². The van der Waals surface area contributed by atoms with Gasteiger partial charge in [-0.1, -0.05) is 41.9 Å². The highest BCUT2D eigenvalue weighted by atomic mass is 35.5. The SMILES string of the molecule is CC(C)(C)OC(=O)N(Cc1ccccc1)c1cc(Cl)nc(Cl)n1. The zero-order valence-electron chi connectivity index (χ0n) is 13.1. The maximum atomic E-state index is 12.5. The Morgan fingerprint density at radius 1 is 1.17 bits per heavy atom. The number of benzene rings is 1. The first-order valence-electron chi connectivity index (χ1n) is 6.99. The fourth-order valence-corrected chi connectivity index (χ4v) is 2.24. The summed E-state index contributed by atoms with van der Waals surface area (Å²) in [6, 6.07) is 11.0. The van der Waals surface area contributed by atoms with E-state index in [1.54, 1.807) is 20.8 Å². The van der Waals surface area contributed by atoms with E-state index < -0.39 is 11.7 Å². The number of hydrogen-bond acceptors (Lipinski definition) is 4. The van der Waals surface area contributed by atoms with Crippen molar-refractivity contribution < 1.29 is 9.53 Å². The van der Waals surface area contributed by atoms with Crippen LogP contribution >= 0.6 is 23.2 Å². The lowest BCUT2D eigenvalue weighted by atomic mass is 10.2. The van der Waals surface area contributed by atoms with Gasteiger partial charge >= 0.3 is 6.09 Å². The van der Waals surface area contributed by atoms with Crippen molar-refractivity contribution in [2.45, 2.75) is 32.9 Å². The van der Waals surface area contributed by atoms with Gasteiger partial charge in [-0.2, -0.15) is 4.98 Å².